The average molecular weight is 553 g/mol. The van der Waals surface area contributed by atoms with E-state index in [9.17, 15) is 14.0 Å². The van der Waals surface area contributed by atoms with E-state index in [2.05, 4.69) is 9.97 Å². The van der Waals surface area contributed by atoms with Crippen LogP contribution in [0.4, 0.5) is 4.39 Å². The molecule has 9 heteroatoms. The SMILES string of the molecule is COc1ccc2nccc(Oc3ccc(CC(=O)c4cn(CCN(C)C)cc(-c5ccc(F)cc5)c4=O)nc3)c2c1. The van der Waals surface area contributed by atoms with Gasteiger partial charge in [-0.3, -0.25) is 19.6 Å². The quantitative estimate of drug-likeness (QED) is 0.215. The Balaban J connectivity index is 1.38. The van der Waals surface area contributed by atoms with Crippen LogP contribution in [0.25, 0.3) is 22.0 Å². The van der Waals surface area contributed by atoms with Gasteiger partial charge >= 0.3 is 0 Å². The number of hydrogen-bond acceptors (Lipinski definition) is 7. The van der Waals surface area contributed by atoms with Crippen LogP contribution in [0.2, 0.25) is 0 Å². The Kier molecular flexibility index (Phi) is 8.16. The zero-order chi connectivity index (χ0) is 28.9. The highest BCUT2D eigenvalue weighted by atomic mass is 19.1. The Bertz CT molecular complexity index is 1750. The van der Waals surface area contributed by atoms with E-state index in [0.717, 1.165) is 10.9 Å². The number of methoxy groups -OCH3 is 1. The van der Waals surface area contributed by atoms with Gasteiger partial charge < -0.3 is 18.9 Å². The number of carbonyl (C=O) groups excluding carboxylic acids is 1. The number of benzene rings is 2. The number of ether oxygens (including phenoxy) is 2. The number of aromatic nitrogens is 3. The van der Waals surface area contributed by atoms with E-state index >= 15 is 0 Å². The molecular formula is C32H29FN4O4. The third-order valence-electron chi connectivity index (χ3n) is 6.62. The zero-order valence-electron chi connectivity index (χ0n) is 23.0. The first-order valence-electron chi connectivity index (χ1n) is 13.0. The Hall–Kier alpha value is -4.89. The second kappa shape index (κ2) is 12.1. The van der Waals surface area contributed by atoms with Crippen molar-refractivity contribution in [1.29, 1.82) is 0 Å². The Morgan fingerprint density at radius 1 is 0.976 bits per heavy atom. The van der Waals surface area contributed by atoms with Crippen molar-refractivity contribution in [3.8, 4) is 28.4 Å². The molecule has 0 aliphatic carbocycles. The van der Waals surface area contributed by atoms with Gasteiger partial charge in [-0.15, -0.1) is 0 Å². The topological polar surface area (TPSA) is 86.5 Å². The molecule has 0 saturated carbocycles. The summed E-state index contributed by atoms with van der Waals surface area (Å²) in [5.41, 5.74) is 1.80. The minimum absolute atomic E-state index is 0.0601. The van der Waals surface area contributed by atoms with E-state index in [1.54, 1.807) is 62.2 Å². The van der Waals surface area contributed by atoms with Crippen LogP contribution in [0.15, 0.2) is 90.2 Å². The molecule has 0 radical (unpaired) electrons. The number of rotatable bonds is 10. The van der Waals surface area contributed by atoms with Crippen molar-refractivity contribution in [2.24, 2.45) is 0 Å². The summed E-state index contributed by atoms with van der Waals surface area (Å²) in [5, 5.41) is 0.790. The van der Waals surface area contributed by atoms with Crippen molar-refractivity contribution in [3.63, 3.8) is 0 Å². The summed E-state index contributed by atoms with van der Waals surface area (Å²) in [6.45, 7) is 1.28. The molecule has 0 bridgehead atoms. The molecule has 0 fully saturated rings. The van der Waals surface area contributed by atoms with E-state index in [1.165, 1.54) is 12.1 Å². The van der Waals surface area contributed by atoms with Gasteiger partial charge in [0.25, 0.3) is 0 Å². The molecule has 2 aromatic carbocycles. The highest BCUT2D eigenvalue weighted by Gasteiger charge is 2.18. The number of ketones is 1. The molecule has 0 saturated heterocycles. The molecule has 8 nitrogen and oxygen atoms in total. The van der Waals surface area contributed by atoms with Gasteiger partial charge in [0.15, 0.2) is 11.2 Å². The number of fused-ring (bicyclic) bond motifs is 1. The van der Waals surface area contributed by atoms with Crippen LogP contribution in [0.1, 0.15) is 16.1 Å². The molecule has 41 heavy (non-hydrogen) atoms. The Morgan fingerprint density at radius 2 is 1.76 bits per heavy atom. The summed E-state index contributed by atoms with van der Waals surface area (Å²) in [6.07, 6.45) is 6.43. The second-order valence-electron chi connectivity index (χ2n) is 9.84. The number of pyridine rings is 3. The molecule has 0 N–H and O–H groups in total. The minimum atomic E-state index is -0.400. The first-order valence-corrected chi connectivity index (χ1v) is 13.0. The standard InChI is InChI=1S/C32H29FN4O4/c1-36(2)14-15-37-19-27(21-4-6-22(33)7-5-21)32(39)28(20-37)30(38)16-23-8-9-25(18-35-23)41-31-12-13-34-29-11-10-24(40-3)17-26(29)31/h4-13,17-20H,14-16H2,1-3H3. The van der Waals surface area contributed by atoms with Crippen LogP contribution < -0.4 is 14.9 Å². The first-order chi connectivity index (χ1) is 19.8. The average Bonchev–Trinajstić information content (AvgIpc) is 2.98. The lowest BCUT2D eigenvalue weighted by Crippen LogP contribution is -2.24. The summed E-state index contributed by atoms with van der Waals surface area (Å²) in [6, 6.07) is 16.4. The normalized spacial score (nSPS) is 11.1. The number of likely N-dealkylation sites (N-methyl/N-ethyl adjacent to an activating group) is 1. The summed E-state index contributed by atoms with van der Waals surface area (Å²) in [7, 11) is 5.49. The van der Waals surface area contributed by atoms with Crippen LogP contribution in [0.3, 0.4) is 0 Å². The third-order valence-corrected chi connectivity index (χ3v) is 6.62. The van der Waals surface area contributed by atoms with Crippen molar-refractivity contribution >= 4 is 16.7 Å². The predicted octanol–water partition coefficient (Wildman–Crippen LogP) is 5.39. The van der Waals surface area contributed by atoms with Crippen LogP contribution in [0, 0.1) is 5.82 Å². The predicted molar refractivity (Wildman–Crippen MR) is 155 cm³/mol. The maximum atomic E-state index is 13.5. The molecule has 3 aromatic heterocycles. The van der Waals surface area contributed by atoms with E-state index in [0.29, 0.717) is 47.2 Å². The monoisotopic (exact) mass is 552 g/mol. The number of halogens is 1. The molecule has 208 valence electrons. The fourth-order valence-electron chi connectivity index (χ4n) is 4.39. The maximum Gasteiger partial charge on any atom is 0.200 e. The lowest BCUT2D eigenvalue weighted by Gasteiger charge is -2.15. The van der Waals surface area contributed by atoms with Gasteiger partial charge in [0.1, 0.15) is 23.1 Å². The number of Topliss-reactive ketones (excluding diaryl/α,β-unsaturated/α-hetero) is 1. The van der Waals surface area contributed by atoms with Crippen LogP contribution in [-0.2, 0) is 13.0 Å². The summed E-state index contributed by atoms with van der Waals surface area (Å²) in [4.78, 5) is 37.6. The largest absolute Gasteiger partial charge is 0.497 e. The molecular weight excluding hydrogens is 523 g/mol. The van der Waals surface area contributed by atoms with Crippen molar-refractivity contribution in [1.82, 2.24) is 19.4 Å². The van der Waals surface area contributed by atoms with Gasteiger partial charge in [-0.2, -0.15) is 0 Å². The maximum absolute atomic E-state index is 13.5. The van der Waals surface area contributed by atoms with Crippen molar-refractivity contribution in [3.05, 3.63) is 113 Å². The molecule has 5 rings (SSSR count). The van der Waals surface area contributed by atoms with Gasteiger partial charge in [0.2, 0.25) is 0 Å². The third kappa shape index (κ3) is 6.47. The van der Waals surface area contributed by atoms with E-state index in [-0.39, 0.29) is 17.8 Å². The molecule has 0 aliphatic rings. The van der Waals surface area contributed by atoms with Crippen LogP contribution in [-0.4, -0.2) is 53.0 Å². The van der Waals surface area contributed by atoms with E-state index in [1.807, 2.05) is 41.8 Å². The highest BCUT2D eigenvalue weighted by molar-refractivity contribution is 5.98. The first kappa shape index (κ1) is 27.7. The van der Waals surface area contributed by atoms with Gasteiger partial charge in [-0.05, 0) is 68.2 Å². The molecule has 5 aromatic rings. The van der Waals surface area contributed by atoms with Gasteiger partial charge in [-0.1, -0.05) is 12.1 Å². The second-order valence-corrected chi connectivity index (χ2v) is 9.84. The van der Waals surface area contributed by atoms with Crippen molar-refractivity contribution in [2.45, 2.75) is 13.0 Å². The van der Waals surface area contributed by atoms with Gasteiger partial charge in [-0.25, -0.2) is 4.39 Å². The van der Waals surface area contributed by atoms with Gasteiger partial charge in [0, 0.05) is 48.3 Å². The fourth-order valence-corrected chi connectivity index (χ4v) is 4.39. The molecule has 0 aliphatic heterocycles. The highest BCUT2D eigenvalue weighted by Crippen LogP contribution is 2.31. The Morgan fingerprint density at radius 3 is 2.46 bits per heavy atom. The number of carbonyl (C=O) groups is 1. The number of nitrogens with zero attached hydrogens (tertiary/aromatic N) is 4. The minimum Gasteiger partial charge on any atom is -0.497 e. The van der Waals surface area contributed by atoms with E-state index < -0.39 is 11.2 Å². The van der Waals surface area contributed by atoms with Crippen LogP contribution >= 0.6 is 0 Å². The molecule has 0 spiro atoms. The fraction of sp³-hybridized carbons (Fsp3) is 0.188. The van der Waals surface area contributed by atoms with E-state index in [4.69, 9.17) is 9.47 Å². The lowest BCUT2D eigenvalue weighted by molar-refractivity contribution is 0.0990. The van der Waals surface area contributed by atoms with Crippen LogP contribution in [0.5, 0.6) is 17.2 Å². The van der Waals surface area contributed by atoms with Crippen molar-refractivity contribution in [2.75, 3.05) is 27.7 Å². The summed E-state index contributed by atoms with van der Waals surface area (Å²) in [5.74, 6) is 1.01. The lowest BCUT2D eigenvalue weighted by atomic mass is 10.0. The number of hydrogen-bond donors (Lipinski definition) is 0. The Labute approximate surface area is 236 Å². The summed E-state index contributed by atoms with van der Waals surface area (Å²) < 4.78 is 26.7. The molecule has 0 amide bonds. The van der Waals surface area contributed by atoms with Crippen molar-refractivity contribution < 1.29 is 18.7 Å². The molecule has 0 atom stereocenters. The zero-order valence-corrected chi connectivity index (χ0v) is 23.0. The smallest absolute Gasteiger partial charge is 0.200 e. The summed E-state index contributed by atoms with van der Waals surface area (Å²) >= 11 is 0. The van der Waals surface area contributed by atoms with Gasteiger partial charge in [0.05, 0.1) is 30.8 Å². The molecule has 0 unspecified atom stereocenters. The molecule has 3 heterocycles.